The number of hydrogen-bond donors (Lipinski definition) is 1. The van der Waals surface area contributed by atoms with Gasteiger partial charge in [0.25, 0.3) is 0 Å². The number of aryl methyl sites for hydroxylation is 2. The van der Waals surface area contributed by atoms with Crippen molar-refractivity contribution in [3.63, 3.8) is 0 Å². The van der Waals surface area contributed by atoms with Crippen LogP contribution in [0.4, 0.5) is 5.69 Å². The summed E-state index contributed by atoms with van der Waals surface area (Å²) in [5.74, 6) is -2.22. The number of halogens is 1. The lowest BCUT2D eigenvalue weighted by molar-refractivity contribution is -0.128. The Balaban J connectivity index is 1.87. The first kappa shape index (κ1) is 19.7. The fourth-order valence-electron chi connectivity index (χ4n) is 2.58. The molecule has 0 fully saturated rings. The van der Waals surface area contributed by atoms with E-state index >= 15 is 0 Å². The molecule has 5 heteroatoms. The first-order valence-corrected chi connectivity index (χ1v) is 8.98. The molecule has 0 radical (unpaired) electrons. The summed E-state index contributed by atoms with van der Waals surface area (Å²) in [6, 6.07) is 16.6. The van der Waals surface area contributed by atoms with Gasteiger partial charge in [0.05, 0.1) is 6.07 Å². The summed E-state index contributed by atoms with van der Waals surface area (Å²) in [7, 11) is 0. The summed E-state index contributed by atoms with van der Waals surface area (Å²) in [4.78, 5) is 24.5. The van der Waals surface area contributed by atoms with Crippen molar-refractivity contribution in [2.45, 2.75) is 32.6 Å². The summed E-state index contributed by atoms with van der Waals surface area (Å²) < 4.78 is 0. The minimum Gasteiger partial charge on any atom is -0.325 e. The highest BCUT2D eigenvalue weighted by atomic mass is 35.5. The second kappa shape index (κ2) is 9.74. The summed E-state index contributed by atoms with van der Waals surface area (Å²) >= 11 is 5.84. The van der Waals surface area contributed by atoms with Gasteiger partial charge in [0, 0.05) is 17.1 Å². The lowest BCUT2D eigenvalue weighted by Crippen LogP contribution is -2.28. The van der Waals surface area contributed by atoms with E-state index in [1.165, 1.54) is 0 Å². The van der Waals surface area contributed by atoms with Crippen molar-refractivity contribution in [1.29, 1.82) is 5.26 Å². The third kappa shape index (κ3) is 5.72. The van der Waals surface area contributed by atoms with E-state index in [9.17, 15) is 14.9 Å². The van der Waals surface area contributed by atoms with Gasteiger partial charge in [-0.3, -0.25) is 9.59 Å². The highest BCUT2D eigenvalue weighted by molar-refractivity contribution is 6.30. The normalized spacial score (nSPS) is 11.4. The molecule has 0 saturated carbocycles. The van der Waals surface area contributed by atoms with E-state index in [1.807, 2.05) is 37.3 Å². The van der Waals surface area contributed by atoms with Crippen molar-refractivity contribution in [2.24, 2.45) is 5.92 Å². The molecule has 0 aliphatic heterocycles. The van der Waals surface area contributed by atoms with Crippen molar-refractivity contribution in [3.8, 4) is 6.07 Å². The Morgan fingerprint density at radius 3 is 2.27 bits per heavy atom. The van der Waals surface area contributed by atoms with Crippen LogP contribution in [0.3, 0.4) is 0 Å². The van der Waals surface area contributed by atoms with E-state index in [2.05, 4.69) is 5.32 Å². The van der Waals surface area contributed by atoms with Crippen molar-refractivity contribution < 1.29 is 9.59 Å². The second-order valence-electron chi connectivity index (χ2n) is 6.05. The van der Waals surface area contributed by atoms with Gasteiger partial charge < -0.3 is 5.32 Å². The third-order valence-corrected chi connectivity index (χ3v) is 4.40. The molecule has 1 N–H and O–H groups in total. The number of Topliss-reactive ketones (excluding diaryl/α,β-unsaturated/α-hetero) is 1. The molecule has 1 unspecified atom stereocenters. The number of benzene rings is 2. The Kier molecular flexibility index (Phi) is 7.37. The van der Waals surface area contributed by atoms with E-state index < -0.39 is 11.8 Å². The molecule has 134 valence electrons. The first-order valence-electron chi connectivity index (χ1n) is 8.60. The predicted octanol–water partition coefficient (Wildman–Crippen LogP) is 4.57. The maximum absolute atomic E-state index is 12.2. The van der Waals surface area contributed by atoms with Crippen LogP contribution in [0.5, 0.6) is 0 Å². The number of carbonyl (C=O) groups excluding carboxylic acids is 2. The molecule has 0 aromatic heterocycles. The summed E-state index contributed by atoms with van der Waals surface area (Å²) in [6.45, 7) is 2.04. The maximum atomic E-state index is 12.2. The van der Waals surface area contributed by atoms with Crippen molar-refractivity contribution in [1.82, 2.24) is 0 Å². The van der Waals surface area contributed by atoms with E-state index in [4.69, 9.17) is 11.6 Å². The van der Waals surface area contributed by atoms with E-state index in [0.717, 1.165) is 17.5 Å². The maximum Gasteiger partial charge on any atom is 0.249 e. The highest BCUT2D eigenvalue weighted by Gasteiger charge is 2.25. The number of nitrogens with one attached hydrogen (secondary N) is 1. The molecule has 2 aromatic carbocycles. The van der Waals surface area contributed by atoms with Crippen LogP contribution >= 0.6 is 11.6 Å². The van der Waals surface area contributed by atoms with Crippen LogP contribution in [0.25, 0.3) is 0 Å². The van der Waals surface area contributed by atoms with E-state index in [1.54, 1.807) is 24.3 Å². The first-order chi connectivity index (χ1) is 12.5. The Hall–Kier alpha value is -2.64. The van der Waals surface area contributed by atoms with Crippen LogP contribution in [0.1, 0.15) is 30.9 Å². The molecule has 0 spiro atoms. The molecule has 26 heavy (non-hydrogen) atoms. The van der Waals surface area contributed by atoms with Crippen LogP contribution in [0.15, 0.2) is 48.5 Å². The topological polar surface area (TPSA) is 70.0 Å². The zero-order chi connectivity index (χ0) is 18.9. The number of carbonyl (C=O) groups is 2. The average Bonchev–Trinajstić information content (AvgIpc) is 2.64. The SMILES string of the molecule is CCc1ccc(NC(=O)C(C#N)C(=O)CCCc2ccc(Cl)cc2)cc1. The Bertz CT molecular complexity index is 792. The van der Waals surface area contributed by atoms with Crippen LogP contribution < -0.4 is 5.32 Å². The van der Waals surface area contributed by atoms with Gasteiger partial charge in [0.2, 0.25) is 5.91 Å². The molecule has 0 aliphatic rings. The molecule has 0 aliphatic carbocycles. The smallest absolute Gasteiger partial charge is 0.249 e. The van der Waals surface area contributed by atoms with Gasteiger partial charge in [-0.1, -0.05) is 42.8 Å². The number of anilines is 1. The van der Waals surface area contributed by atoms with Gasteiger partial charge in [-0.25, -0.2) is 0 Å². The standard InChI is InChI=1S/C21H21ClN2O2/c1-2-15-8-12-18(13-9-15)24-21(26)19(14-23)20(25)5-3-4-16-6-10-17(22)11-7-16/h6-13,19H,2-5H2,1H3,(H,24,26). The summed E-state index contributed by atoms with van der Waals surface area (Å²) in [6.07, 6.45) is 2.36. The molecular formula is C21H21ClN2O2. The summed E-state index contributed by atoms with van der Waals surface area (Å²) in [5, 5.41) is 12.5. The van der Waals surface area contributed by atoms with Gasteiger partial charge in [-0.05, 0) is 54.7 Å². The molecule has 1 atom stereocenters. The fourth-order valence-corrected chi connectivity index (χ4v) is 2.70. The Labute approximate surface area is 158 Å². The molecule has 0 heterocycles. The van der Waals surface area contributed by atoms with Gasteiger partial charge in [-0.2, -0.15) is 5.26 Å². The lowest BCUT2D eigenvalue weighted by Gasteiger charge is -2.10. The Morgan fingerprint density at radius 1 is 1.08 bits per heavy atom. The molecule has 4 nitrogen and oxygen atoms in total. The van der Waals surface area contributed by atoms with Gasteiger partial charge in [0.1, 0.15) is 0 Å². The molecule has 2 rings (SSSR count). The number of rotatable bonds is 8. The van der Waals surface area contributed by atoms with Crippen LogP contribution in [0.2, 0.25) is 5.02 Å². The number of nitriles is 1. The second-order valence-corrected chi connectivity index (χ2v) is 6.48. The van der Waals surface area contributed by atoms with Crippen molar-refractivity contribution in [2.75, 3.05) is 5.32 Å². The van der Waals surface area contributed by atoms with Crippen molar-refractivity contribution in [3.05, 3.63) is 64.7 Å². The minimum atomic E-state index is -1.29. The largest absolute Gasteiger partial charge is 0.325 e. The van der Waals surface area contributed by atoms with Crippen molar-refractivity contribution >= 4 is 29.0 Å². The van der Waals surface area contributed by atoms with Crippen LogP contribution in [-0.4, -0.2) is 11.7 Å². The summed E-state index contributed by atoms with van der Waals surface area (Å²) in [5.41, 5.74) is 2.80. The van der Waals surface area contributed by atoms with E-state index in [0.29, 0.717) is 23.6 Å². The molecular weight excluding hydrogens is 348 g/mol. The van der Waals surface area contributed by atoms with E-state index in [-0.39, 0.29) is 12.2 Å². The van der Waals surface area contributed by atoms with Gasteiger partial charge in [0.15, 0.2) is 11.7 Å². The quantitative estimate of drug-likeness (QED) is 0.693. The van der Waals surface area contributed by atoms with Crippen LogP contribution in [0, 0.1) is 17.2 Å². The monoisotopic (exact) mass is 368 g/mol. The molecule has 0 bridgehead atoms. The predicted molar refractivity (Wildman–Crippen MR) is 103 cm³/mol. The third-order valence-electron chi connectivity index (χ3n) is 4.14. The minimum absolute atomic E-state index is 0.184. The number of amides is 1. The molecule has 2 aromatic rings. The lowest BCUT2D eigenvalue weighted by atomic mass is 9.98. The number of hydrogen-bond acceptors (Lipinski definition) is 3. The number of ketones is 1. The van der Waals surface area contributed by atoms with Gasteiger partial charge in [-0.15, -0.1) is 0 Å². The Morgan fingerprint density at radius 2 is 1.69 bits per heavy atom. The van der Waals surface area contributed by atoms with Crippen LogP contribution in [-0.2, 0) is 22.4 Å². The van der Waals surface area contributed by atoms with Gasteiger partial charge >= 0.3 is 0 Å². The average molecular weight is 369 g/mol. The fraction of sp³-hybridized carbons (Fsp3) is 0.286. The highest BCUT2D eigenvalue weighted by Crippen LogP contribution is 2.15. The number of nitrogens with zero attached hydrogens (tertiary/aromatic N) is 1. The molecule has 0 saturated heterocycles. The zero-order valence-corrected chi connectivity index (χ0v) is 15.4. The molecule has 1 amide bonds. The zero-order valence-electron chi connectivity index (χ0n) is 14.7.